The van der Waals surface area contributed by atoms with Crippen LogP contribution < -0.4 is 10.6 Å². The van der Waals surface area contributed by atoms with Gasteiger partial charge in [-0.05, 0) is 0 Å². The van der Waals surface area contributed by atoms with Crippen LogP contribution in [0.1, 0.15) is 12.8 Å². The zero-order valence-electron chi connectivity index (χ0n) is 9.11. The Bertz CT molecular complexity index is 682. The van der Waals surface area contributed by atoms with Crippen LogP contribution in [0.15, 0.2) is 23.4 Å². The molecule has 0 aliphatic rings. The lowest BCUT2D eigenvalue weighted by atomic mass is 10.2. The summed E-state index contributed by atoms with van der Waals surface area (Å²) in [5.41, 5.74) is -0.186. The van der Waals surface area contributed by atoms with Gasteiger partial charge in [-0.3, -0.25) is 14.0 Å². The first-order chi connectivity index (χ1) is 8.09. The van der Waals surface area contributed by atoms with Crippen LogP contribution in [0.4, 0.5) is 0 Å². The van der Waals surface area contributed by atoms with Gasteiger partial charge in [0.2, 0.25) is 0 Å². The Morgan fingerprint density at radius 3 is 2.72 bits per heavy atom. The van der Waals surface area contributed by atoms with Crippen LogP contribution in [-0.4, -0.2) is 30.8 Å². The van der Waals surface area contributed by atoms with Crippen LogP contribution in [0.5, 0.6) is 0 Å². The minimum Gasteiger partial charge on any atom is -0.511 e. The maximum absolute atomic E-state index is 11.6. The van der Waals surface area contributed by atoms with Gasteiger partial charge in [-0.25, -0.2) is 0 Å². The number of aliphatic carboxylic acids is 1. The minimum atomic E-state index is -1.04. The molecule has 0 amide bonds. The van der Waals surface area contributed by atoms with Crippen LogP contribution in [-0.2, 0) is 4.79 Å². The number of hydrogen-bond acceptors (Lipinski definition) is 5. The van der Waals surface area contributed by atoms with E-state index in [9.17, 15) is 14.7 Å². The second-order valence-corrected chi connectivity index (χ2v) is 3.46. The molecule has 0 atom stereocenters. The lowest BCUT2D eigenvalue weighted by Gasteiger charge is -1.97. The Morgan fingerprint density at radius 1 is 1.33 bits per heavy atom. The van der Waals surface area contributed by atoms with Crippen molar-refractivity contribution in [2.45, 2.75) is 12.8 Å². The third-order valence-electron chi connectivity index (χ3n) is 2.29. The van der Waals surface area contributed by atoms with E-state index in [-0.39, 0.29) is 41.9 Å². The summed E-state index contributed by atoms with van der Waals surface area (Å²) in [4.78, 5) is 22.0. The summed E-state index contributed by atoms with van der Waals surface area (Å²) >= 11 is 0. The molecular formula is C10H10ClN3O4. The molecule has 0 bridgehead atoms. The fourth-order valence-corrected chi connectivity index (χ4v) is 1.49. The fourth-order valence-electron chi connectivity index (χ4n) is 1.49. The number of halogens is 1. The van der Waals surface area contributed by atoms with Crippen molar-refractivity contribution in [3.63, 3.8) is 0 Å². The summed E-state index contributed by atoms with van der Waals surface area (Å²) in [5, 5.41) is 25.6. The van der Waals surface area contributed by atoms with Gasteiger partial charge >= 0.3 is 5.97 Å². The highest BCUT2D eigenvalue weighted by atomic mass is 35.5. The molecule has 0 radical (unpaired) electrons. The van der Waals surface area contributed by atoms with Gasteiger partial charge in [-0.2, -0.15) is 0 Å². The van der Waals surface area contributed by atoms with E-state index >= 15 is 0 Å². The van der Waals surface area contributed by atoms with Gasteiger partial charge in [0.05, 0.1) is 6.42 Å². The van der Waals surface area contributed by atoms with Crippen LogP contribution >= 0.6 is 12.4 Å². The first-order valence-electron chi connectivity index (χ1n) is 4.86. The number of aliphatic hydroxyl groups excluding tert-OH is 1. The maximum atomic E-state index is 11.6. The van der Waals surface area contributed by atoms with Gasteiger partial charge in [-0.1, -0.05) is 0 Å². The number of carboxylic acids is 1. The van der Waals surface area contributed by atoms with E-state index in [1.54, 1.807) is 0 Å². The van der Waals surface area contributed by atoms with Gasteiger partial charge in [0.25, 0.3) is 0 Å². The van der Waals surface area contributed by atoms with Gasteiger partial charge in [0.1, 0.15) is 17.3 Å². The standard InChI is InChI=1S/C10H9N3O4.ClH/c14-6(1-2-8(16)17)9-7(15)3-4-13-5-11-12-10(9)13;/h3-5,14H,1-2H2,(H,16,17);1H. The van der Waals surface area contributed by atoms with Crippen molar-refractivity contribution >= 4 is 29.8 Å². The van der Waals surface area contributed by atoms with E-state index in [2.05, 4.69) is 10.2 Å². The molecule has 2 aromatic heterocycles. The minimum absolute atomic E-state index is 0. The Morgan fingerprint density at radius 2 is 2.06 bits per heavy atom. The molecule has 18 heavy (non-hydrogen) atoms. The Labute approximate surface area is 107 Å². The second-order valence-electron chi connectivity index (χ2n) is 3.46. The van der Waals surface area contributed by atoms with E-state index in [1.165, 1.54) is 23.0 Å². The molecule has 0 aromatic carbocycles. The van der Waals surface area contributed by atoms with Crippen molar-refractivity contribution in [3.05, 3.63) is 34.0 Å². The van der Waals surface area contributed by atoms with Crippen molar-refractivity contribution < 1.29 is 15.0 Å². The maximum Gasteiger partial charge on any atom is 0.303 e. The zero-order valence-corrected chi connectivity index (χ0v) is 9.92. The smallest absolute Gasteiger partial charge is 0.303 e. The summed E-state index contributed by atoms with van der Waals surface area (Å²) in [7, 11) is 0. The average molecular weight is 272 g/mol. The molecule has 0 unspecified atom stereocenters. The first kappa shape index (κ1) is 13.9. The van der Waals surface area contributed by atoms with Crippen LogP contribution in [0, 0.1) is 0 Å². The molecule has 96 valence electrons. The predicted molar refractivity (Wildman–Crippen MR) is 64.6 cm³/mol. The first-order valence-corrected chi connectivity index (χ1v) is 4.86. The van der Waals surface area contributed by atoms with Crippen LogP contribution in [0.3, 0.4) is 0 Å². The molecule has 7 nitrogen and oxygen atoms in total. The summed E-state index contributed by atoms with van der Waals surface area (Å²) in [6.45, 7) is 0. The quantitative estimate of drug-likeness (QED) is 0.798. The van der Waals surface area contributed by atoms with Crippen molar-refractivity contribution in [1.82, 2.24) is 14.6 Å². The zero-order chi connectivity index (χ0) is 12.4. The van der Waals surface area contributed by atoms with E-state index in [1.807, 2.05) is 0 Å². The number of hydrogen-bond donors (Lipinski definition) is 2. The summed E-state index contributed by atoms with van der Waals surface area (Å²) in [6.07, 6.45) is 2.51. The molecule has 0 fully saturated rings. The Balaban J connectivity index is 0.00000162. The predicted octanol–water partition coefficient (Wildman–Crippen LogP) is -0.239. The van der Waals surface area contributed by atoms with Crippen molar-refractivity contribution in [2.24, 2.45) is 0 Å². The number of pyridine rings is 1. The van der Waals surface area contributed by atoms with E-state index in [0.29, 0.717) is 0 Å². The van der Waals surface area contributed by atoms with Gasteiger partial charge < -0.3 is 10.2 Å². The number of aromatic nitrogens is 3. The second kappa shape index (κ2) is 5.46. The normalized spacial score (nSPS) is 12.0. The van der Waals surface area contributed by atoms with Gasteiger partial charge in [-0.15, -0.1) is 22.6 Å². The van der Waals surface area contributed by atoms with E-state index < -0.39 is 11.4 Å². The molecule has 2 heterocycles. The Kier molecular flexibility index (Phi) is 4.22. The number of carbonyl (C=O) groups is 1. The van der Waals surface area contributed by atoms with Crippen molar-refractivity contribution in [3.8, 4) is 0 Å². The molecule has 0 spiro atoms. The number of rotatable bonds is 3. The molecule has 0 saturated heterocycles. The lowest BCUT2D eigenvalue weighted by Crippen LogP contribution is -2.29. The molecule has 0 saturated carbocycles. The Hall–Kier alpha value is -2.15. The topological polar surface area (TPSA) is 105 Å². The highest BCUT2D eigenvalue weighted by Crippen LogP contribution is 2.00. The highest BCUT2D eigenvalue weighted by Gasteiger charge is 2.08. The third-order valence-corrected chi connectivity index (χ3v) is 2.29. The van der Waals surface area contributed by atoms with Crippen LogP contribution in [0.25, 0.3) is 11.4 Å². The van der Waals surface area contributed by atoms with Gasteiger partial charge in [0, 0.05) is 18.7 Å². The van der Waals surface area contributed by atoms with Crippen molar-refractivity contribution in [1.29, 1.82) is 0 Å². The molecule has 2 aromatic rings. The van der Waals surface area contributed by atoms with E-state index in [4.69, 9.17) is 5.11 Å². The summed E-state index contributed by atoms with van der Waals surface area (Å²) < 4.78 is 1.48. The lowest BCUT2D eigenvalue weighted by molar-refractivity contribution is -0.136. The molecule has 2 rings (SSSR count). The molecule has 8 heteroatoms. The monoisotopic (exact) mass is 271 g/mol. The highest BCUT2D eigenvalue weighted by molar-refractivity contribution is 5.85. The summed E-state index contributed by atoms with van der Waals surface area (Å²) in [5.74, 6) is -1.33. The number of nitrogens with zero attached hydrogens (tertiary/aromatic N) is 3. The molecule has 2 N–H and O–H groups in total. The fraction of sp³-hybridized carbons (Fsp3) is 0.200. The third kappa shape index (κ3) is 2.57. The number of fused-ring (bicyclic) bond motifs is 1. The SMILES string of the molecule is Cl.O=C(O)CCC(O)=c1c(=O)ccn2cnnc12. The van der Waals surface area contributed by atoms with Crippen LogP contribution in [0.2, 0.25) is 0 Å². The molecule has 0 aliphatic heterocycles. The summed E-state index contributed by atoms with van der Waals surface area (Å²) in [6, 6.07) is 1.27. The number of aliphatic hydroxyl groups is 1. The molecular weight excluding hydrogens is 262 g/mol. The van der Waals surface area contributed by atoms with Crippen molar-refractivity contribution in [2.75, 3.05) is 0 Å². The average Bonchev–Trinajstić information content (AvgIpc) is 2.73. The largest absolute Gasteiger partial charge is 0.511 e. The van der Waals surface area contributed by atoms with E-state index in [0.717, 1.165) is 0 Å². The molecule has 0 aliphatic carbocycles. The van der Waals surface area contributed by atoms with Gasteiger partial charge in [0.15, 0.2) is 11.1 Å². The number of carboxylic acid groups (broad SMARTS) is 1.